The zero-order valence-corrected chi connectivity index (χ0v) is 20.5. The molecule has 0 aliphatic carbocycles. The number of benzene rings is 2. The molecule has 1 saturated heterocycles. The first kappa shape index (κ1) is 23.2. The monoisotopic (exact) mass is 514 g/mol. The zero-order chi connectivity index (χ0) is 24.6. The summed E-state index contributed by atoms with van der Waals surface area (Å²) in [6.45, 7) is 4.14. The number of fused-ring (bicyclic) bond motifs is 1. The number of hydrogen-bond acceptors (Lipinski definition) is 7. The number of carbonyl (C=O) groups is 1. The molecule has 1 aliphatic heterocycles. The Labute approximate surface area is 205 Å². The third-order valence-electron chi connectivity index (χ3n) is 6.17. The maximum Gasteiger partial charge on any atom is 0.263 e. The Morgan fingerprint density at radius 1 is 1.09 bits per heavy atom. The van der Waals surface area contributed by atoms with Crippen molar-refractivity contribution in [2.75, 3.05) is 35.8 Å². The molecule has 2 aromatic carbocycles. The van der Waals surface area contributed by atoms with E-state index < -0.39 is 16.1 Å². The van der Waals surface area contributed by atoms with Crippen LogP contribution in [0.15, 0.2) is 65.1 Å². The van der Waals surface area contributed by atoms with Crippen LogP contribution >= 0.6 is 11.3 Å². The average molecular weight is 515 g/mol. The Hall–Kier alpha value is -3.51. The maximum atomic E-state index is 14.0. The Kier molecular flexibility index (Phi) is 6.15. The number of nitrogens with zero attached hydrogens (tertiary/aromatic N) is 5. The van der Waals surface area contributed by atoms with Gasteiger partial charge in [0.1, 0.15) is 17.4 Å². The second-order valence-corrected chi connectivity index (χ2v) is 10.7. The maximum absolute atomic E-state index is 14.0. The number of hydrogen-bond donors (Lipinski definition) is 1. The lowest BCUT2D eigenvalue weighted by Gasteiger charge is -2.37. The van der Waals surface area contributed by atoms with Crippen LogP contribution in [0.25, 0.3) is 10.9 Å². The van der Waals surface area contributed by atoms with Crippen LogP contribution in [0, 0.1) is 5.82 Å². The van der Waals surface area contributed by atoms with E-state index in [-0.39, 0.29) is 21.8 Å². The molecule has 0 spiro atoms. The van der Waals surface area contributed by atoms with E-state index in [2.05, 4.69) is 19.8 Å². The van der Waals surface area contributed by atoms with Crippen LogP contribution in [0.4, 0.5) is 15.2 Å². The van der Waals surface area contributed by atoms with Gasteiger partial charge in [-0.1, -0.05) is 17.4 Å². The Balaban J connectivity index is 1.22. The zero-order valence-electron chi connectivity index (χ0n) is 18.8. The number of halogens is 1. The summed E-state index contributed by atoms with van der Waals surface area (Å²) in [5.41, 5.74) is 3.03. The number of piperazine rings is 1. The fourth-order valence-corrected chi connectivity index (χ4v) is 5.98. The number of carbonyl (C=O) groups excluding carboxylic acids is 1. The van der Waals surface area contributed by atoms with Gasteiger partial charge in [0.25, 0.3) is 10.0 Å². The molecular formula is C23H23FN6O3S2. The van der Waals surface area contributed by atoms with Crippen molar-refractivity contribution in [1.82, 2.24) is 19.7 Å². The third kappa shape index (κ3) is 4.58. The van der Waals surface area contributed by atoms with E-state index in [1.165, 1.54) is 11.6 Å². The van der Waals surface area contributed by atoms with E-state index in [0.717, 1.165) is 17.0 Å². The van der Waals surface area contributed by atoms with E-state index in [9.17, 15) is 17.6 Å². The predicted molar refractivity (Wildman–Crippen MR) is 133 cm³/mol. The minimum Gasteiger partial charge on any atom is -0.368 e. The van der Waals surface area contributed by atoms with Crippen molar-refractivity contribution < 1.29 is 17.6 Å². The molecule has 1 atom stereocenters. The molecule has 3 heterocycles. The van der Waals surface area contributed by atoms with Crippen molar-refractivity contribution in [2.24, 2.45) is 0 Å². The Morgan fingerprint density at radius 3 is 2.51 bits per heavy atom. The topological polar surface area (TPSA) is 100 Å². The highest BCUT2D eigenvalue weighted by molar-refractivity contribution is 7.93. The van der Waals surface area contributed by atoms with Crippen LogP contribution in [-0.4, -0.2) is 60.2 Å². The Morgan fingerprint density at radius 2 is 1.83 bits per heavy atom. The number of aromatic nitrogens is 3. The highest BCUT2D eigenvalue weighted by Crippen LogP contribution is 2.25. The second kappa shape index (κ2) is 9.27. The molecular weight excluding hydrogens is 491 g/mol. The molecule has 5 rings (SSSR count). The quantitative estimate of drug-likeness (QED) is 0.424. The van der Waals surface area contributed by atoms with Crippen molar-refractivity contribution in [2.45, 2.75) is 17.9 Å². The molecule has 4 aromatic rings. The Bertz CT molecular complexity index is 1450. The van der Waals surface area contributed by atoms with Crippen molar-refractivity contribution >= 4 is 49.0 Å². The van der Waals surface area contributed by atoms with Gasteiger partial charge in [0, 0.05) is 43.4 Å². The number of amides is 1. The van der Waals surface area contributed by atoms with E-state index in [4.69, 9.17) is 0 Å². The summed E-state index contributed by atoms with van der Waals surface area (Å²) in [6.07, 6.45) is 1.75. The average Bonchev–Trinajstić information content (AvgIpc) is 3.54. The largest absolute Gasteiger partial charge is 0.368 e. The van der Waals surface area contributed by atoms with E-state index in [1.54, 1.807) is 42.6 Å². The van der Waals surface area contributed by atoms with Crippen LogP contribution < -0.4 is 9.62 Å². The number of nitrogens with one attached hydrogen (secondary N) is 1. The first-order chi connectivity index (χ1) is 16.8. The molecule has 2 aromatic heterocycles. The second-order valence-electron chi connectivity index (χ2n) is 8.23. The van der Waals surface area contributed by atoms with Crippen LogP contribution in [-0.2, 0) is 14.8 Å². The predicted octanol–water partition coefficient (Wildman–Crippen LogP) is 3.34. The van der Waals surface area contributed by atoms with Crippen molar-refractivity contribution in [3.05, 3.63) is 66.1 Å². The van der Waals surface area contributed by atoms with E-state index >= 15 is 0 Å². The summed E-state index contributed by atoms with van der Waals surface area (Å²) < 4.78 is 43.3. The molecule has 0 radical (unpaired) electrons. The standard InChI is InChI=1S/C23H23FN6O3S2/c1-16(30-10-9-19-20(24)3-2-4-21(19)30)22(31)29-13-11-28(12-14-29)17-5-7-18(8-6-17)35(32,33)27-23-26-25-15-34-23/h2-10,15-16H,11-14H2,1H3,(H,26,27). The van der Waals surface area contributed by atoms with Crippen LogP contribution in [0.1, 0.15) is 13.0 Å². The van der Waals surface area contributed by atoms with Gasteiger partial charge in [-0.15, -0.1) is 10.2 Å². The van der Waals surface area contributed by atoms with Crippen LogP contribution in [0.2, 0.25) is 0 Å². The van der Waals surface area contributed by atoms with Gasteiger partial charge >= 0.3 is 0 Å². The summed E-state index contributed by atoms with van der Waals surface area (Å²) >= 11 is 1.10. The van der Waals surface area contributed by atoms with Gasteiger partial charge in [-0.2, -0.15) is 0 Å². The fourth-order valence-electron chi connectivity index (χ4n) is 4.28. The lowest BCUT2D eigenvalue weighted by atomic mass is 10.2. The summed E-state index contributed by atoms with van der Waals surface area (Å²) in [6, 6.07) is 12.7. The molecule has 1 aliphatic rings. The molecule has 12 heteroatoms. The minimum absolute atomic E-state index is 0.0180. The van der Waals surface area contributed by atoms with Gasteiger partial charge in [0.2, 0.25) is 11.0 Å². The SMILES string of the molecule is CC(C(=O)N1CCN(c2ccc(S(=O)(=O)Nc3nncs3)cc2)CC1)n1ccc2c(F)cccc21. The van der Waals surface area contributed by atoms with E-state index in [1.807, 2.05) is 22.5 Å². The van der Waals surface area contributed by atoms with Gasteiger partial charge in [-0.25, -0.2) is 12.8 Å². The first-order valence-electron chi connectivity index (χ1n) is 11.0. The molecule has 182 valence electrons. The lowest BCUT2D eigenvalue weighted by molar-refractivity contribution is -0.134. The molecule has 1 amide bonds. The van der Waals surface area contributed by atoms with Crippen molar-refractivity contribution in [1.29, 1.82) is 0 Å². The summed E-state index contributed by atoms with van der Waals surface area (Å²) in [4.78, 5) is 17.2. The number of sulfonamides is 1. The lowest BCUT2D eigenvalue weighted by Crippen LogP contribution is -2.50. The molecule has 0 bridgehead atoms. The molecule has 1 N–H and O–H groups in total. The third-order valence-corrected chi connectivity index (χ3v) is 8.26. The molecule has 1 fully saturated rings. The first-order valence-corrected chi connectivity index (χ1v) is 13.4. The normalized spacial score (nSPS) is 15.4. The van der Waals surface area contributed by atoms with Gasteiger partial charge in [-0.05, 0) is 49.4 Å². The number of rotatable bonds is 6. The molecule has 0 saturated carbocycles. The smallest absolute Gasteiger partial charge is 0.263 e. The summed E-state index contributed by atoms with van der Waals surface area (Å²) in [5, 5.41) is 8.04. The molecule has 35 heavy (non-hydrogen) atoms. The van der Waals surface area contributed by atoms with Gasteiger partial charge in [0.15, 0.2) is 0 Å². The van der Waals surface area contributed by atoms with Crippen LogP contribution in [0.3, 0.4) is 0 Å². The highest BCUT2D eigenvalue weighted by atomic mass is 32.2. The van der Waals surface area contributed by atoms with Crippen LogP contribution in [0.5, 0.6) is 0 Å². The number of anilines is 2. The van der Waals surface area contributed by atoms with Crippen molar-refractivity contribution in [3.8, 4) is 0 Å². The van der Waals surface area contributed by atoms with Gasteiger partial charge < -0.3 is 14.4 Å². The molecule has 9 nitrogen and oxygen atoms in total. The molecule has 1 unspecified atom stereocenters. The van der Waals surface area contributed by atoms with Gasteiger partial charge in [-0.3, -0.25) is 9.52 Å². The van der Waals surface area contributed by atoms with Gasteiger partial charge in [0.05, 0.1) is 10.4 Å². The summed E-state index contributed by atoms with van der Waals surface area (Å²) in [5.74, 6) is -0.320. The fraction of sp³-hybridized carbons (Fsp3) is 0.261. The minimum atomic E-state index is -3.74. The van der Waals surface area contributed by atoms with Crippen molar-refractivity contribution in [3.63, 3.8) is 0 Å². The summed E-state index contributed by atoms with van der Waals surface area (Å²) in [7, 11) is -3.74. The highest BCUT2D eigenvalue weighted by Gasteiger charge is 2.27. The van der Waals surface area contributed by atoms with E-state index in [0.29, 0.717) is 37.1 Å².